The molecule has 0 radical (unpaired) electrons. The van der Waals surface area contributed by atoms with Crippen LogP contribution >= 0.6 is 0 Å². The summed E-state index contributed by atoms with van der Waals surface area (Å²) in [5, 5.41) is 6.47. The molecule has 0 unspecified atom stereocenters. The molecule has 2 fully saturated rings. The van der Waals surface area contributed by atoms with Crippen LogP contribution in [0.5, 0.6) is 0 Å². The van der Waals surface area contributed by atoms with E-state index >= 15 is 0 Å². The maximum atomic E-state index is 12.8. The van der Waals surface area contributed by atoms with Crippen LogP contribution in [-0.2, 0) is 4.74 Å². The Hall–Kier alpha value is -4.44. The van der Waals surface area contributed by atoms with Gasteiger partial charge in [0, 0.05) is 62.2 Å². The number of urea groups is 1. The van der Waals surface area contributed by atoms with Gasteiger partial charge in [0.05, 0.1) is 24.5 Å². The molecule has 0 aliphatic carbocycles. The van der Waals surface area contributed by atoms with Crippen LogP contribution in [0.2, 0.25) is 0 Å². The third-order valence-corrected chi connectivity index (χ3v) is 7.34. The predicted molar refractivity (Wildman–Crippen MR) is 149 cm³/mol. The first kappa shape index (κ1) is 24.9. The third-order valence-electron chi connectivity index (χ3n) is 7.34. The highest BCUT2D eigenvalue weighted by Gasteiger charge is 2.20. The Morgan fingerprint density at radius 1 is 0.949 bits per heavy atom. The molecule has 0 spiro atoms. The molecule has 10 heteroatoms. The van der Waals surface area contributed by atoms with E-state index in [-0.39, 0.29) is 11.9 Å². The lowest BCUT2D eigenvalue weighted by atomic mass is 10.00. The second-order valence-corrected chi connectivity index (χ2v) is 9.86. The zero-order valence-corrected chi connectivity index (χ0v) is 21.9. The molecule has 39 heavy (non-hydrogen) atoms. The second-order valence-electron chi connectivity index (χ2n) is 9.86. The highest BCUT2D eigenvalue weighted by Crippen LogP contribution is 2.32. The summed E-state index contributed by atoms with van der Waals surface area (Å²) in [6.45, 7) is 5.91. The van der Waals surface area contributed by atoms with E-state index in [0.29, 0.717) is 37.7 Å². The molecule has 3 aromatic heterocycles. The van der Waals surface area contributed by atoms with Gasteiger partial charge in [0.1, 0.15) is 5.82 Å². The van der Waals surface area contributed by atoms with Crippen molar-refractivity contribution in [2.45, 2.75) is 19.8 Å². The Morgan fingerprint density at radius 2 is 1.77 bits per heavy atom. The number of fused-ring (bicyclic) bond motifs is 1. The van der Waals surface area contributed by atoms with Crippen molar-refractivity contribution in [2.75, 3.05) is 50.0 Å². The summed E-state index contributed by atoms with van der Waals surface area (Å²) in [5.41, 5.74) is 5.84. The average molecular weight is 526 g/mol. The van der Waals surface area contributed by atoms with Crippen LogP contribution in [0, 0.1) is 6.92 Å². The highest BCUT2D eigenvalue weighted by molar-refractivity contribution is 5.94. The molecule has 5 heterocycles. The molecular formula is C29H31N7O3. The number of hydrogen-bond acceptors (Lipinski definition) is 6. The molecule has 3 amide bonds. The zero-order valence-electron chi connectivity index (χ0n) is 21.9. The van der Waals surface area contributed by atoms with Crippen LogP contribution in [0.1, 0.15) is 28.8 Å². The van der Waals surface area contributed by atoms with E-state index < -0.39 is 0 Å². The number of ether oxygens (including phenoxy) is 1. The van der Waals surface area contributed by atoms with E-state index in [1.165, 1.54) is 0 Å². The number of benzene rings is 1. The molecule has 4 aromatic rings. The Bertz CT molecular complexity index is 1500. The molecule has 2 aliphatic rings. The van der Waals surface area contributed by atoms with Crippen molar-refractivity contribution in [1.29, 1.82) is 0 Å². The van der Waals surface area contributed by atoms with Crippen molar-refractivity contribution in [3.05, 3.63) is 72.3 Å². The number of carbonyl (C=O) groups is 2. The predicted octanol–water partition coefficient (Wildman–Crippen LogP) is 4.55. The molecule has 1 aromatic carbocycles. The first-order valence-electron chi connectivity index (χ1n) is 13.3. The number of pyridine rings is 2. The number of nitrogens with one attached hydrogen (secondary N) is 2. The minimum absolute atomic E-state index is 0.0397. The molecule has 200 valence electrons. The van der Waals surface area contributed by atoms with Crippen LogP contribution in [0.3, 0.4) is 0 Å². The van der Waals surface area contributed by atoms with Gasteiger partial charge in [0.25, 0.3) is 5.91 Å². The van der Waals surface area contributed by atoms with Gasteiger partial charge in [-0.15, -0.1) is 0 Å². The fraction of sp³-hybridized carbons (Fsp3) is 0.310. The van der Waals surface area contributed by atoms with E-state index in [0.717, 1.165) is 59.6 Å². The van der Waals surface area contributed by atoms with E-state index in [4.69, 9.17) is 4.74 Å². The van der Waals surface area contributed by atoms with Crippen LogP contribution in [0.25, 0.3) is 16.8 Å². The van der Waals surface area contributed by atoms with Gasteiger partial charge < -0.3 is 29.6 Å². The maximum absolute atomic E-state index is 12.8. The van der Waals surface area contributed by atoms with Crippen LogP contribution in [-0.4, -0.2) is 75.5 Å². The van der Waals surface area contributed by atoms with Gasteiger partial charge in [0.15, 0.2) is 5.65 Å². The summed E-state index contributed by atoms with van der Waals surface area (Å²) >= 11 is 0. The number of imidazole rings is 1. The summed E-state index contributed by atoms with van der Waals surface area (Å²) in [5.74, 6) is 0.570. The van der Waals surface area contributed by atoms with Gasteiger partial charge in [0.2, 0.25) is 0 Å². The number of anilines is 3. The molecule has 0 atom stereocenters. The van der Waals surface area contributed by atoms with E-state index in [9.17, 15) is 9.59 Å². The van der Waals surface area contributed by atoms with Crippen LogP contribution < -0.4 is 10.6 Å². The highest BCUT2D eigenvalue weighted by atomic mass is 16.5. The first-order valence-corrected chi connectivity index (χ1v) is 13.3. The molecular weight excluding hydrogens is 494 g/mol. The van der Waals surface area contributed by atoms with E-state index in [1.807, 2.05) is 52.9 Å². The molecule has 0 saturated carbocycles. The minimum atomic E-state index is -0.0539. The molecule has 10 nitrogen and oxygen atoms in total. The normalized spacial score (nSPS) is 15.5. The SMILES string of the molecule is Cc1c(NC(=O)N2CCCC2)cccc1-c1cc(Nc2ccc(C(=O)N3CCOCC3)cn2)c2nccn2c1. The number of rotatable bonds is 5. The fourth-order valence-electron chi connectivity index (χ4n) is 5.15. The van der Waals surface area contributed by atoms with Crippen molar-refractivity contribution in [2.24, 2.45) is 0 Å². The molecule has 2 N–H and O–H groups in total. The van der Waals surface area contributed by atoms with Gasteiger partial charge in [-0.2, -0.15) is 0 Å². The summed E-state index contributed by atoms with van der Waals surface area (Å²) in [4.78, 5) is 38.2. The lowest BCUT2D eigenvalue weighted by Crippen LogP contribution is -2.40. The monoisotopic (exact) mass is 525 g/mol. The Morgan fingerprint density at radius 3 is 2.54 bits per heavy atom. The second kappa shape index (κ2) is 10.7. The van der Waals surface area contributed by atoms with Gasteiger partial charge in [-0.25, -0.2) is 14.8 Å². The number of morpholine rings is 1. The van der Waals surface area contributed by atoms with Gasteiger partial charge >= 0.3 is 6.03 Å². The average Bonchev–Trinajstić information content (AvgIpc) is 3.68. The Labute approximate surface area is 226 Å². The Balaban J connectivity index is 1.26. The molecule has 2 saturated heterocycles. The standard InChI is InChI=1S/C29H31N7O3/c1-20-23(5-4-6-24(20)33-29(38)35-10-2-3-11-35)22-17-25(27-30-9-12-36(27)19-22)32-26-8-7-21(18-31-26)28(37)34-13-15-39-16-14-34/h4-9,12,17-19H,2-3,10-11,13-16H2,1H3,(H,31,32)(H,33,38). The molecule has 6 rings (SSSR count). The number of aromatic nitrogens is 3. The van der Waals surface area contributed by atoms with Crippen molar-refractivity contribution >= 4 is 34.8 Å². The summed E-state index contributed by atoms with van der Waals surface area (Å²) < 4.78 is 7.31. The summed E-state index contributed by atoms with van der Waals surface area (Å²) in [7, 11) is 0. The van der Waals surface area contributed by atoms with E-state index in [1.54, 1.807) is 29.4 Å². The largest absolute Gasteiger partial charge is 0.378 e. The fourth-order valence-corrected chi connectivity index (χ4v) is 5.15. The Kier molecular flexibility index (Phi) is 6.85. The smallest absolute Gasteiger partial charge is 0.321 e. The summed E-state index contributed by atoms with van der Waals surface area (Å²) in [6.07, 6.45) is 9.38. The van der Waals surface area contributed by atoms with Gasteiger partial charge in [-0.3, -0.25) is 4.79 Å². The summed E-state index contributed by atoms with van der Waals surface area (Å²) in [6, 6.07) is 11.5. The first-order chi connectivity index (χ1) is 19.1. The quantitative estimate of drug-likeness (QED) is 0.396. The number of nitrogens with zero attached hydrogens (tertiary/aromatic N) is 5. The van der Waals surface area contributed by atoms with E-state index in [2.05, 4.69) is 20.6 Å². The van der Waals surface area contributed by atoms with Crippen LogP contribution in [0.15, 0.2) is 61.2 Å². The number of likely N-dealkylation sites (tertiary alicyclic amines) is 1. The minimum Gasteiger partial charge on any atom is -0.378 e. The third kappa shape index (κ3) is 5.15. The van der Waals surface area contributed by atoms with Crippen molar-refractivity contribution in [3.63, 3.8) is 0 Å². The number of carbonyl (C=O) groups excluding carboxylic acids is 2. The van der Waals surface area contributed by atoms with Crippen molar-refractivity contribution < 1.29 is 14.3 Å². The number of amides is 3. The number of hydrogen-bond donors (Lipinski definition) is 2. The lowest BCUT2D eigenvalue weighted by molar-refractivity contribution is 0.0302. The van der Waals surface area contributed by atoms with Crippen LogP contribution in [0.4, 0.5) is 22.0 Å². The van der Waals surface area contributed by atoms with Gasteiger partial charge in [-0.1, -0.05) is 12.1 Å². The maximum Gasteiger partial charge on any atom is 0.321 e. The molecule has 0 bridgehead atoms. The topological polar surface area (TPSA) is 104 Å². The zero-order chi connectivity index (χ0) is 26.8. The van der Waals surface area contributed by atoms with Crippen molar-refractivity contribution in [3.8, 4) is 11.1 Å². The van der Waals surface area contributed by atoms with Gasteiger partial charge in [-0.05, 0) is 55.2 Å². The molecule has 2 aliphatic heterocycles. The lowest BCUT2D eigenvalue weighted by Gasteiger charge is -2.26. The van der Waals surface area contributed by atoms with Crippen molar-refractivity contribution in [1.82, 2.24) is 24.2 Å².